The molecule has 0 N–H and O–H groups in total. The van der Waals surface area contributed by atoms with Crippen LogP contribution in [0.15, 0.2) is 0 Å². The van der Waals surface area contributed by atoms with Crippen molar-refractivity contribution in [2.75, 3.05) is 47.9 Å². The van der Waals surface area contributed by atoms with Crippen LogP contribution in [0.5, 0.6) is 0 Å². The first-order valence-corrected chi connectivity index (χ1v) is 6.47. The maximum Gasteiger partial charge on any atom is 0.206 e. The van der Waals surface area contributed by atoms with Gasteiger partial charge in [-0.1, -0.05) is 26.7 Å². The molecule has 0 saturated heterocycles. The van der Waals surface area contributed by atoms with Crippen LogP contribution < -0.4 is 0 Å². The molecule has 92 valence electrons. The third kappa shape index (κ3) is 7.80. The quantitative estimate of drug-likeness (QED) is 0.432. The van der Waals surface area contributed by atoms with Gasteiger partial charge in [-0.25, -0.2) is 0 Å². The molecule has 0 rings (SSSR count). The van der Waals surface area contributed by atoms with E-state index < -0.39 is 0 Å². The molecule has 0 radical (unpaired) electrons. The van der Waals surface area contributed by atoms with E-state index in [1.54, 1.807) is 0 Å². The van der Waals surface area contributed by atoms with Gasteiger partial charge in [-0.05, 0) is 12.8 Å². The molecular formula is C13H32N2+2. The van der Waals surface area contributed by atoms with Crippen molar-refractivity contribution in [2.24, 2.45) is 0 Å². The van der Waals surface area contributed by atoms with Crippen molar-refractivity contribution in [3.8, 4) is 0 Å². The number of rotatable bonds is 8. The van der Waals surface area contributed by atoms with E-state index in [0.29, 0.717) is 0 Å². The van der Waals surface area contributed by atoms with Crippen molar-refractivity contribution in [3.63, 3.8) is 0 Å². The zero-order valence-corrected chi connectivity index (χ0v) is 11.8. The molecule has 0 saturated carbocycles. The first-order valence-electron chi connectivity index (χ1n) is 6.47. The summed E-state index contributed by atoms with van der Waals surface area (Å²) < 4.78 is 2.31. The Bertz CT molecular complexity index is 144. The fourth-order valence-corrected chi connectivity index (χ4v) is 2.35. The summed E-state index contributed by atoms with van der Waals surface area (Å²) in [7, 11) is 9.45. The van der Waals surface area contributed by atoms with Gasteiger partial charge in [0, 0.05) is 0 Å². The van der Waals surface area contributed by atoms with Gasteiger partial charge in [-0.3, -0.25) is 8.97 Å². The van der Waals surface area contributed by atoms with Crippen LogP contribution in [-0.4, -0.2) is 56.9 Å². The van der Waals surface area contributed by atoms with E-state index in [2.05, 4.69) is 42.0 Å². The fourth-order valence-electron chi connectivity index (χ4n) is 2.35. The fraction of sp³-hybridized carbons (Fsp3) is 1.00. The van der Waals surface area contributed by atoms with E-state index in [9.17, 15) is 0 Å². The molecule has 0 heterocycles. The lowest BCUT2D eigenvalue weighted by atomic mass is 10.3. The summed E-state index contributed by atoms with van der Waals surface area (Å²) in [5.74, 6) is 0. The number of hydrogen-bond donors (Lipinski definition) is 0. The maximum atomic E-state index is 2.36. The Balaban J connectivity index is 4.04. The molecule has 0 unspecified atom stereocenters. The monoisotopic (exact) mass is 216 g/mol. The summed E-state index contributed by atoms with van der Waals surface area (Å²) in [5, 5.41) is 0. The Morgan fingerprint density at radius 1 is 0.667 bits per heavy atom. The average Bonchev–Trinajstić information content (AvgIpc) is 2.10. The summed E-state index contributed by atoms with van der Waals surface area (Å²) in [6.07, 6.45) is 5.32. The molecule has 15 heavy (non-hydrogen) atoms. The van der Waals surface area contributed by atoms with Crippen LogP contribution in [0.1, 0.15) is 39.5 Å². The molecule has 0 aromatic rings. The third-order valence-corrected chi connectivity index (χ3v) is 3.00. The minimum atomic E-state index is 1.16. The molecule has 0 aliphatic rings. The van der Waals surface area contributed by atoms with Crippen LogP contribution in [0.2, 0.25) is 0 Å². The smallest absolute Gasteiger partial charge is 0.206 e. The lowest BCUT2D eigenvalue weighted by Gasteiger charge is -2.38. The first kappa shape index (κ1) is 14.9. The average molecular weight is 216 g/mol. The second-order valence-electron chi connectivity index (χ2n) is 6.17. The predicted octanol–water partition coefficient (Wildman–Crippen LogP) is 2.70. The molecule has 2 heteroatoms. The van der Waals surface area contributed by atoms with Crippen molar-refractivity contribution >= 4 is 0 Å². The van der Waals surface area contributed by atoms with Crippen LogP contribution in [0.3, 0.4) is 0 Å². The van der Waals surface area contributed by atoms with E-state index in [1.807, 2.05) is 0 Å². The molecule has 0 spiro atoms. The summed E-state index contributed by atoms with van der Waals surface area (Å²) >= 11 is 0. The molecule has 0 amide bonds. The Morgan fingerprint density at radius 3 is 1.27 bits per heavy atom. The summed E-state index contributed by atoms with van der Waals surface area (Å²) in [4.78, 5) is 0. The predicted molar refractivity (Wildman–Crippen MR) is 68.6 cm³/mol. The Labute approximate surface area is 97.1 Å². The highest BCUT2D eigenvalue weighted by Crippen LogP contribution is 2.09. The second-order valence-corrected chi connectivity index (χ2v) is 6.17. The molecule has 0 atom stereocenters. The van der Waals surface area contributed by atoms with Gasteiger partial charge >= 0.3 is 0 Å². The molecule has 2 nitrogen and oxygen atoms in total. The highest BCUT2D eigenvalue weighted by molar-refractivity contribution is 4.35. The Hall–Kier alpha value is -0.0800. The second kappa shape index (κ2) is 6.49. The lowest BCUT2D eigenvalue weighted by Crippen LogP contribution is -2.56. The van der Waals surface area contributed by atoms with Crippen LogP contribution in [-0.2, 0) is 0 Å². The van der Waals surface area contributed by atoms with Crippen molar-refractivity contribution in [3.05, 3.63) is 0 Å². The number of unbranched alkanes of at least 4 members (excludes halogenated alkanes) is 2. The highest BCUT2D eigenvalue weighted by Gasteiger charge is 2.26. The van der Waals surface area contributed by atoms with Crippen molar-refractivity contribution in [1.29, 1.82) is 0 Å². The van der Waals surface area contributed by atoms with E-state index in [0.717, 1.165) is 8.97 Å². The van der Waals surface area contributed by atoms with E-state index in [1.165, 1.54) is 45.4 Å². The van der Waals surface area contributed by atoms with Crippen LogP contribution in [0.4, 0.5) is 0 Å². The SMILES string of the molecule is CCCC[N+](C)(C)C[N+](C)(C)CCCC. The highest BCUT2D eigenvalue weighted by atomic mass is 15.5. The van der Waals surface area contributed by atoms with Crippen LogP contribution in [0, 0.1) is 0 Å². The molecule has 0 aromatic carbocycles. The molecule has 0 fully saturated rings. The van der Waals surface area contributed by atoms with E-state index in [4.69, 9.17) is 0 Å². The van der Waals surface area contributed by atoms with Gasteiger partial charge in [-0.15, -0.1) is 0 Å². The van der Waals surface area contributed by atoms with Gasteiger partial charge in [0.05, 0.1) is 41.3 Å². The van der Waals surface area contributed by atoms with Gasteiger partial charge in [0.25, 0.3) is 0 Å². The van der Waals surface area contributed by atoms with Crippen molar-refractivity contribution in [1.82, 2.24) is 0 Å². The normalized spacial score (nSPS) is 13.2. The van der Waals surface area contributed by atoms with Crippen molar-refractivity contribution < 1.29 is 8.97 Å². The first-order chi connectivity index (χ1) is 6.83. The number of nitrogens with zero attached hydrogens (tertiary/aromatic N) is 2. The van der Waals surface area contributed by atoms with Gasteiger partial charge < -0.3 is 0 Å². The number of quaternary nitrogens is 2. The van der Waals surface area contributed by atoms with Crippen LogP contribution >= 0.6 is 0 Å². The zero-order valence-electron chi connectivity index (χ0n) is 11.8. The van der Waals surface area contributed by atoms with Crippen LogP contribution in [0.25, 0.3) is 0 Å². The van der Waals surface area contributed by atoms with E-state index in [-0.39, 0.29) is 0 Å². The molecule has 0 aliphatic carbocycles. The molecule has 0 aliphatic heterocycles. The van der Waals surface area contributed by atoms with Gasteiger partial charge in [-0.2, -0.15) is 0 Å². The molecular weight excluding hydrogens is 184 g/mol. The minimum Gasteiger partial charge on any atom is -0.282 e. The lowest BCUT2D eigenvalue weighted by molar-refractivity contribution is -1.07. The Kier molecular flexibility index (Phi) is 6.46. The van der Waals surface area contributed by atoms with Gasteiger partial charge in [0.15, 0.2) is 0 Å². The summed E-state index contributed by atoms with van der Waals surface area (Å²) in [6.45, 7) is 8.42. The number of hydrogen-bond acceptors (Lipinski definition) is 0. The standard InChI is InChI=1S/C13H32N2/c1-7-9-11-14(3,4)13-15(5,6)12-10-8-2/h7-13H2,1-6H3/q+2. The van der Waals surface area contributed by atoms with Gasteiger partial charge in [0.2, 0.25) is 6.67 Å². The van der Waals surface area contributed by atoms with Gasteiger partial charge in [0.1, 0.15) is 0 Å². The maximum absolute atomic E-state index is 2.36. The Morgan fingerprint density at radius 2 is 1.00 bits per heavy atom. The van der Waals surface area contributed by atoms with E-state index >= 15 is 0 Å². The third-order valence-electron chi connectivity index (χ3n) is 3.00. The summed E-state index contributed by atoms with van der Waals surface area (Å²) in [6, 6.07) is 0. The zero-order chi connectivity index (χ0) is 11.9. The summed E-state index contributed by atoms with van der Waals surface area (Å²) in [5.41, 5.74) is 0. The molecule has 0 aromatic heterocycles. The topological polar surface area (TPSA) is 0 Å². The minimum absolute atomic E-state index is 1.16. The largest absolute Gasteiger partial charge is 0.282 e. The molecule has 0 bridgehead atoms. The van der Waals surface area contributed by atoms with Crippen molar-refractivity contribution in [2.45, 2.75) is 39.5 Å².